The molecule has 1 aliphatic rings. The van der Waals surface area contributed by atoms with Gasteiger partial charge in [0.25, 0.3) is 0 Å². The molecular weight excluding hydrogens is 206 g/mol. The topological polar surface area (TPSA) is 57.6 Å². The molecule has 1 fully saturated rings. The number of carboxylic acid groups (broad SMARTS) is 1. The zero-order valence-corrected chi connectivity index (χ0v) is 10.3. The molecule has 92 valence electrons. The van der Waals surface area contributed by atoms with Crippen LogP contribution >= 0.6 is 0 Å². The summed E-state index contributed by atoms with van der Waals surface area (Å²) < 4.78 is 0. The molecule has 0 aromatic heterocycles. The number of hydrogen-bond acceptors (Lipinski definition) is 2. The Morgan fingerprint density at radius 3 is 2.62 bits per heavy atom. The molecule has 0 bridgehead atoms. The summed E-state index contributed by atoms with van der Waals surface area (Å²) in [5.74, 6) is -0.768. The molecule has 4 heteroatoms. The van der Waals surface area contributed by atoms with Crippen molar-refractivity contribution >= 4 is 12.4 Å². The molecule has 0 radical (unpaired) electrons. The van der Waals surface area contributed by atoms with E-state index in [1.165, 1.54) is 4.90 Å². The van der Waals surface area contributed by atoms with Crippen molar-refractivity contribution in [3.8, 4) is 0 Å². The summed E-state index contributed by atoms with van der Waals surface area (Å²) in [5.41, 5.74) is -0.968. The van der Waals surface area contributed by atoms with Crippen LogP contribution in [0.3, 0.4) is 0 Å². The van der Waals surface area contributed by atoms with E-state index >= 15 is 0 Å². The molecule has 1 saturated carbocycles. The Balaban J connectivity index is 3.13. The van der Waals surface area contributed by atoms with Gasteiger partial charge in [-0.25, -0.2) is 4.79 Å². The Hall–Kier alpha value is -1.06. The summed E-state index contributed by atoms with van der Waals surface area (Å²) in [6, 6.07) is -0.0688. The minimum Gasteiger partial charge on any atom is -0.479 e. The molecule has 0 spiro atoms. The van der Waals surface area contributed by atoms with Crippen LogP contribution in [0.1, 0.15) is 46.5 Å². The van der Waals surface area contributed by atoms with E-state index in [1.54, 1.807) is 0 Å². The zero-order valence-electron chi connectivity index (χ0n) is 10.3. The van der Waals surface area contributed by atoms with Crippen molar-refractivity contribution in [3.05, 3.63) is 0 Å². The van der Waals surface area contributed by atoms with Crippen LogP contribution in [-0.4, -0.2) is 34.0 Å². The van der Waals surface area contributed by atoms with Gasteiger partial charge in [0.1, 0.15) is 5.54 Å². The predicted molar refractivity (Wildman–Crippen MR) is 61.0 cm³/mol. The van der Waals surface area contributed by atoms with Gasteiger partial charge in [-0.3, -0.25) is 4.79 Å². The van der Waals surface area contributed by atoms with Crippen molar-refractivity contribution in [1.82, 2.24) is 4.90 Å². The number of rotatable bonds is 5. The number of aliphatic carboxylic acids is 1. The van der Waals surface area contributed by atoms with E-state index in [1.807, 2.05) is 20.8 Å². The van der Waals surface area contributed by atoms with E-state index in [9.17, 15) is 14.7 Å². The van der Waals surface area contributed by atoms with Crippen LogP contribution in [0.4, 0.5) is 0 Å². The molecule has 0 aromatic carbocycles. The maximum absolute atomic E-state index is 11.6. The molecule has 1 aliphatic carbocycles. The van der Waals surface area contributed by atoms with Gasteiger partial charge in [0.05, 0.1) is 0 Å². The van der Waals surface area contributed by atoms with Gasteiger partial charge < -0.3 is 10.0 Å². The molecule has 1 rings (SSSR count). The molecular formula is C12H21NO3. The number of carbonyl (C=O) groups excluding carboxylic acids is 1. The van der Waals surface area contributed by atoms with Crippen molar-refractivity contribution in [2.24, 2.45) is 5.92 Å². The van der Waals surface area contributed by atoms with Gasteiger partial charge in [-0.05, 0) is 32.6 Å². The first-order valence-corrected chi connectivity index (χ1v) is 5.97. The Bertz CT molecular complexity index is 277. The van der Waals surface area contributed by atoms with Crippen LogP contribution in [0.25, 0.3) is 0 Å². The summed E-state index contributed by atoms with van der Waals surface area (Å²) in [5, 5.41) is 9.52. The lowest BCUT2D eigenvalue weighted by molar-refractivity contribution is -0.160. The van der Waals surface area contributed by atoms with E-state index < -0.39 is 11.5 Å². The van der Waals surface area contributed by atoms with E-state index in [2.05, 4.69) is 0 Å². The predicted octanol–water partition coefficient (Wildman–Crippen LogP) is 1.89. The first-order valence-electron chi connectivity index (χ1n) is 5.97. The number of nitrogens with zero attached hydrogens (tertiary/aromatic N) is 1. The smallest absolute Gasteiger partial charge is 0.329 e. The lowest BCUT2D eigenvalue weighted by Gasteiger charge is -2.42. The first kappa shape index (κ1) is 13.0. The summed E-state index contributed by atoms with van der Waals surface area (Å²) in [6.45, 7) is 5.73. The minimum atomic E-state index is -0.968. The second kappa shape index (κ2) is 4.85. The summed E-state index contributed by atoms with van der Waals surface area (Å²) >= 11 is 0. The molecule has 2 atom stereocenters. The Morgan fingerprint density at radius 1 is 1.62 bits per heavy atom. The second-order valence-electron chi connectivity index (χ2n) is 4.83. The molecule has 0 aromatic rings. The molecule has 16 heavy (non-hydrogen) atoms. The molecule has 0 heterocycles. The van der Waals surface area contributed by atoms with Gasteiger partial charge in [-0.15, -0.1) is 0 Å². The minimum absolute atomic E-state index is 0.0688. The normalized spacial score (nSPS) is 29.4. The van der Waals surface area contributed by atoms with Crippen LogP contribution in [0.15, 0.2) is 0 Å². The zero-order chi connectivity index (χ0) is 12.3. The summed E-state index contributed by atoms with van der Waals surface area (Å²) in [6.07, 6.45) is 3.88. The monoisotopic (exact) mass is 227 g/mol. The quantitative estimate of drug-likeness (QED) is 0.730. The number of amides is 1. The Kier molecular flexibility index (Phi) is 3.94. The average molecular weight is 227 g/mol. The third-order valence-corrected chi connectivity index (χ3v) is 3.78. The second-order valence-corrected chi connectivity index (χ2v) is 4.83. The van der Waals surface area contributed by atoms with E-state index in [4.69, 9.17) is 0 Å². The highest BCUT2D eigenvalue weighted by molar-refractivity contribution is 5.82. The molecule has 1 N–H and O–H groups in total. The molecule has 4 nitrogen and oxygen atoms in total. The van der Waals surface area contributed by atoms with Crippen LogP contribution in [0.5, 0.6) is 0 Å². The number of hydrogen-bond donors (Lipinski definition) is 1. The largest absolute Gasteiger partial charge is 0.479 e. The van der Waals surface area contributed by atoms with Gasteiger partial charge in [-0.1, -0.05) is 19.8 Å². The highest BCUT2D eigenvalue weighted by atomic mass is 16.4. The first-order chi connectivity index (χ1) is 7.50. The summed E-state index contributed by atoms with van der Waals surface area (Å²) in [4.78, 5) is 24.3. The maximum Gasteiger partial charge on any atom is 0.329 e. The average Bonchev–Trinajstić information content (AvgIpc) is 2.63. The highest BCUT2D eigenvalue weighted by Crippen LogP contribution is 2.42. The standard InChI is InChI=1S/C12H21NO3/c1-4-10-6-5-7-12(10,11(15)16)13(8-14)9(2)3/h8-10H,4-7H2,1-3H3,(H,15,16). The Morgan fingerprint density at radius 2 is 2.25 bits per heavy atom. The summed E-state index contributed by atoms with van der Waals surface area (Å²) in [7, 11) is 0. The van der Waals surface area contributed by atoms with Crippen molar-refractivity contribution in [2.45, 2.75) is 58.0 Å². The van der Waals surface area contributed by atoms with Crippen molar-refractivity contribution < 1.29 is 14.7 Å². The van der Waals surface area contributed by atoms with E-state index in [-0.39, 0.29) is 12.0 Å². The molecule has 2 unspecified atom stereocenters. The fourth-order valence-corrected chi connectivity index (χ4v) is 3.01. The fourth-order valence-electron chi connectivity index (χ4n) is 3.01. The van der Waals surface area contributed by atoms with Gasteiger partial charge in [0, 0.05) is 6.04 Å². The Labute approximate surface area is 96.6 Å². The number of carbonyl (C=O) groups is 2. The van der Waals surface area contributed by atoms with Crippen molar-refractivity contribution in [2.75, 3.05) is 0 Å². The highest BCUT2D eigenvalue weighted by Gasteiger charge is 2.53. The van der Waals surface area contributed by atoms with Gasteiger partial charge >= 0.3 is 5.97 Å². The molecule has 1 amide bonds. The van der Waals surface area contributed by atoms with Gasteiger partial charge in [0.15, 0.2) is 0 Å². The lowest BCUT2D eigenvalue weighted by atomic mass is 9.83. The third-order valence-electron chi connectivity index (χ3n) is 3.78. The van der Waals surface area contributed by atoms with Crippen molar-refractivity contribution in [1.29, 1.82) is 0 Å². The van der Waals surface area contributed by atoms with E-state index in [0.717, 1.165) is 19.3 Å². The van der Waals surface area contributed by atoms with Crippen LogP contribution < -0.4 is 0 Å². The third kappa shape index (κ3) is 1.81. The SMILES string of the molecule is CCC1CCCC1(C(=O)O)N(C=O)C(C)C. The lowest BCUT2D eigenvalue weighted by Crippen LogP contribution is -2.58. The van der Waals surface area contributed by atoms with E-state index in [0.29, 0.717) is 12.8 Å². The van der Waals surface area contributed by atoms with Crippen LogP contribution in [0, 0.1) is 5.92 Å². The number of carboxylic acids is 1. The van der Waals surface area contributed by atoms with Crippen LogP contribution in [-0.2, 0) is 9.59 Å². The fraction of sp³-hybridized carbons (Fsp3) is 0.833. The van der Waals surface area contributed by atoms with Crippen molar-refractivity contribution in [3.63, 3.8) is 0 Å². The van der Waals surface area contributed by atoms with Gasteiger partial charge in [0.2, 0.25) is 6.41 Å². The van der Waals surface area contributed by atoms with Gasteiger partial charge in [-0.2, -0.15) is 0 Å². The molecule has 0 saturated heterocycles. The maximum atomic E-state index is 11.6. The van der Waals surface area contributed by atoms with Crippen LogP contribution in [0.2, 0.25) is 0 Å². The molecule has 0 aliphatic heterocycles.